The lowest BCUT2D eigenvalue weighted by atomic mass is 9.99. The van der Waals surface area contributed by atoms with Gasteiger partial charge in [0.15, 0.2) is 0 Å². The van der Waals surface area contributed by atoms with Crippen LogP contribution < -0.4 is 10.6 Å². The first-order valence-electron chi connectivity index (χ1n) is 7.85. The minimum Gasteiger partial charge on any atom is -0.352 e. The second-order valence-corrected chi connectivity index (χ2v) is 7.75. The summed E-state index contributed by atoms with van der Waals surface area (Å²) in [6, 6.07) is -0.399. The molecule has 2 rings (SSSR count). The Labute approximate surface area is 135 Å². The van der Waals surface area contributed by atoms with E-state index in [1.807, 2.05) is 6.92 Å². The number of rotatable bonds is 6. The molecule has 2 saturated heterocycles. The number of carbonyl (C=O) groups excluding carboxylic acids is 3. The number of urea groups is 1. The van der Waals surface area contributed by atoms with Crippen LogP contribution in [0.3, 0.4) is 0 Å². The lowest BCUT2D eigenvalue weighted by Crippen LogP contribution is -2.48. The van der Waals surface area contributed by atoms with Crippen molar-refractivity contribution in [3.63, 3.8) is 0 Å². The van der Waals surface area contributed by atoms with E-state index in [-0.39, 0.29) is 24.4 Å². The molecule has 22 heavy (non-hydrogen) atoms. The zero-order chi connectivity index (χ0) is 16.3. The number of hydrogen-bond donors (Lipinski definition) is 2. The van der Waals surface area contributed by atoms with Crippen LogP contribution in [0.4, 0.5) is 4.79 Å². The summed E-state index contributed by atoms with van der Waals surface area (Å²) >= 11 is 1.65. The lowest BCUT2D eigenvalue weighted by molar-refractivity contribution is -0.134. The zero-order valence-electron chi connectivity index (χ0n) is 13.5. The summed E-state index contributed by atoms with van der Waals surface area (Å²) in [6.45, 7) is 6.03. The van der Waals surface area contributed by atoms with Crippen LogP contribution in [0.25, 0.3) is 0 Å². The number of amides is 4. The SMILES string of the molecule is CC(C)CCC(C)NC(=O)CN1C(=O)NC2(CCSC2)C1=O. The molecule has 124 valence electrons. The summed E-state index contributed by atoms with van der Waals surface area (Å²) in [5, 5.41) is 5.63. The predicted octanol–water partition coefficient (Wildman–Crippen LogP) is 1.35. The number of nitrogens with zero attached hydrogens (tertiary/aromatic N) is 1. The van der Waals surface area contributed by atoms with Crippen molar-refractivity contribution in [3.8, 4) is 0 Å². The van der Waals surface area contributed by atoms with E-state index in [2.05, 4.69) is 24.5 Å². The van der Waals surface area contributed by atoms with Gasteiger partial charge in [0.25, 0.3) is 5.91 Å². The fourth-order valence-corrected chi connectivity index (χ4v) is 4.10. The van der Waals surface area contributed by atoms with Crippen LogP contribution in [0.5, 0.6) is 0 Å². The van der Waals surface area contributed by atoms with Gasteiger partial charge in [-0.25, -0.2) is 4.79 Å². The summed E-state index contributed by atoms with van der Waals surface area (Å²) in [5.41, 5.74) is -0.773. The molecule has 2 aliphatic rings. The van der Waals surface area contributed by atoms with Crippen molar-refractivity contribution in [1.29, 1.82) is 0 Å². The normalized spacial score (nSPS) is 25.9. The minimum atomic E-state index is -0.773. The van der Waals surface area contributed by atoms with Crippen molar-refractivity contribution in [2.75, 3.05) is 18.1 Å². The first kappa shape index (κ1) is 17.1. The Hall–Kier alpha value is -1.24. The van der Waals surface area contributed by atoms with E-state index in [1.54, 1.807) is 11.8 Å². The minimum absolute atomic E-state index is 0.0478. The Morgan fingerprint density at radius 1 is 1.36 bits per heavy atom. The highest BCUT2D eigenvalue weighted by atomic mass is 32.2. The van der Waals surface area contributed by atoms with E-state index in [0.29, 0.717) is 18.1 Å². The zero-order valence-corrected chi connectivity index (χ0v) is 14.3. The van der Waals surface area contributed by atoms with Crippen molar-refractivity contribution < 1.29 is 14.4 Å². The topological polar surface area (TPSA) is 78.5 Å². The molecule has 0 saturated carbocycles. The molecule has 0 aromatic carbocycles. The van der Waals surface area contributed by atoms with Gasteiger partial charge < -0.3 is 10.6 Å². The molecule has 6 nitrogen and oxygen atoms in total. The van der Waals surface area contributed by atoms with E-state index in [4.69, 9.17) is 0 Å². The molecule has 4 amide bonds. The third kappa shape index (κ3) is 3.74. The third-order valence-corrected chi connectivity index (χ3v) is 5.34. The van der Waals surface area contributed by atoms with Crippen LogP contribution in [0.15, 0.2) is 0 Å². The van der Waals surface area contributed by atoms with Crippen LogP contribution in [-0.4, -0.2) is 52.4 Å². The highest BCUT2D eigenvalue weighted by Gasteiger charge is 2.53. The molecular weight excluding hydrogens is 302 g/mol. The van der Waals surface area contributed by atoms with Gasteiger partial charge in [-0.05, 0) is 37.9 Å². The Balaban J connectivity index is 1.86. The molecule has 2 N–H and O–H groups in total. The van der Waals surface area contributed by atoms with E-state index < -0.39 is 11.6 Å². The van der Waals surface area contributed by atoms with Crippen molar-refractivity contribution in [2.24, 2.45) is 5.92 Å². The van der Waals surface area contributed by atoms with Gasteiger partial charge in [-0.3, -0.25) is 14.5 Å². The Morgan fingerprint density at radius 2 is 2.09 bits per heavy atom. The van der Waals surface area contributed by atoms with E-state index >= 15 is 0 Å². The Morgan fingerprint density at radius 3 is 2.68 bits per heavy atom. The monoisotopic (exact) mass is 327 g/mol. The summed E-state index contributed by atoms with van der Waals surface area (Å²) in [4.78, 5) is 37.5. The molecule has 0 bridgehead atoms. The Kier molecular flexibility index (Phi) is 5.36. The van der Waals surface area contributed by atoms with Crippen LogP contribution in [-0.2, 0) is 9.59 Å². The second-order valence-electron chi connectivity index (χ2n) is 6.65. The summed E-state index contributed by atoms with van der Waals surface area (Å²) in [5.74, 6) is 1.51. The smallest absolute Gasteiger partial charge is 0.325 e. The van der Waals surface area contributed by atoms with Crippen LogP contribution in [0, 0.1) is 5.92 Å². The largest absolute Gasteiger partial charge is 0.352 e. The molecule has 7 heteroatoms. The van der Waals surface area contributed by atoms with Crippen molar-refractivity contribution in [1.82, 2.24) is 15.5 Å². The second kappa shape index (κ2) is 6.89. The molecular formula is C15H25N3O3S. The molecule has 2 aliphatic heterocycles. The van der Waals surface area contributed by atoms with Gasteiger partial charge in [-0.1, -0.05) is 13.8 Å². The van der Waals surface area contributed by atoms with E-state index in [0.717, 1.165) is 23.5 Å². The molecule has 2 fully saturated rings. The molecule has 2 unspecified atom stereocenters. The van der Waals surface area contributed by atoms with Gasteiger partial charge in [0.2, 0.25) is 5.91 Å². The quantitative estimate of drug-likeness (QED) is 0.722. The standard InChI is InChI=1S/C15H25N3O3S/c1-10(2)4-5-11(3)16-12(19)8-18-13(20)15(17-14(18)21)6-7-22-9-15/h10-11H,4-9H2,1-3H3,(H,16,19)(H,17,21). The molecule has 0 aliphatic carbocycles. The molecule has 2 atom stereocenters. The molecule has 2 heterocycles. The highest BCUT2D eigenvalue weighted by molar-refractivity contribution is 7.99. The molecule has 0 aromatic heterocycles. The van der Waals surface area contributed by atoms with Gasteiger partial charge in [-0.15, -0.1) is 0 Å². The van der Waals surface area contributed by atoms with Crippen molar-refractivity contribution >= 4 is 29.6 Å². The maximum absolute atomic E-state index is 12.4. The van der Waals surface area contributed by atoms with Gasteiger partial charge >= 0.3 is 6.03 Å². The van der Waals surface area contributed by atoms with Crippen LogP contribution in [0.1, 0.15) is 40.0 Å². The van der Waals surface area contributed by atoms with Gasteiger partial charge in [-0.2, -0.15) is 11.8 Å². The molecule has 0 radical (unpaired) electrons. The number of nitrogens with one attached hydrogen (secondary N) is 2. The number of hydrogen-bond acceptors (Lipinski definition) is 4. The maximum atomic E-state index is 12.4. The predicted molar refractivity (Wildman–Crippen MR) is 86.6 cm³/mol. The summed E-state index contributed by atoms with van der Waals surface area (Å²) in [6.07, 6.45) is 2.57. The fraction of sp³-hybridized carbons (Fsp3) is 0.800. The third-order valence-electron chi connectivity index (χ3n) is 4.15. The van der Waals surface area contributed by atoms with Crippen LogP contribution >= 0.6 is 11.8 Å². The van der Waals surface area contributed by atoms with Crippen LogP contribution in [0.2, 0.25) is 0 Å². The average Bonchev–Trinajstić information content (AvgIpc) is 2.98. The van der Waals surface area contributed by atoms with Gasteiger partial charge in [0, 0.05) is 11.8 Å². The van der Waals surface area contributed by atoms with Gasteiger partial charge in [0.05, 0.1) is 0 Å². The average molecular weight is 327 g/mol. The first-order chi connectivity index (χ1) is 10.3. The fourth-order valence-electron chi connectivity index (χ4n) is 2.77. The highest BCUT2D eigenvalue weighted by Crippen LogP contribution is 2.33. The molecule has 0 aromatic rings. The van der Waals surface area contributed by atoms with Crippen molar-refractivity contribution in [3.05, 3.63) is 0 Å². The molecule has 1 spiro atoms. The summed E-state index contributed by atoms with van der Waals surface area (Å²) in [7, 11) is 0. The maximum Gasteiger partial charge on any atom is 0.325 e. The van der Waals surface area contributed by atoms with E-state index in [1.165, 1.54) is 0 Å². The first-order valence-corrected chi connectivity index (χ1v) is 9.01. The van der Waals surface area contributed by atoms with E-state index in [9.17, 15) is 14.4 Å². The number of thioether (sulfide) groups is 1. The number of imide groups is 1. The summed E-state index contributed by atoms with van der Waals surface area (Å²) < 4.78 is 0. The van der Waals surface area contributed by atoms with Crippen molar-refractivity contribution in [2.45, 2.75) is 51.6 Å². The van der Waals surface area contributed by atoms with Gasteiger partial charge in [0.1, 0.15) is 12.1 Å². The lowest BCUT2D eigenvalue weighted by Gasteiger charge is -2.20. The number of carbonyl (C=O) groups is 3. The Bertz CT molecular complexity index is 461.